The molecule has 2 aromatic carbocycles. The number of nitrogens with zero attached hydrogens (tertiary/aromatic N) is 2. The van der Waals surface area contributed by atoms with Crippen molar-refractivity contribution in [2.24, 2.45) is 5.73 Å². The number of ether oxygens (including phenoxy) is 1. The summed E-state index contributed by atoms with van der Waals surface area (Å²) in [6.07, 6.45) is 1.77. The van der Waals surface area contributed by atoms with E-state index in [9.17, 15) is 14.0 Å². The molecule has 4 rings (SSSR count). The van der Waals surface area contributed by atoms with Crippen LogP contribution in [0.3, 0.4) is 0 Å². The number of benzene rings is 2. The van der Waals surface area contributed by atoms with Crippen LogP contribution in [0.5, 0.6) is 0 Å². The molecular weight excluding hydrogens is 396 g/mol. The summed E-state index contributed by atoms with van der Waals surface area (Å²) in [6, 6.07) is 15.2. The third-order valence-corrected chi connectivity index (χ3v) is 5.78. The standard InChI is InChI=1S/C25H23F2N3O/c1-15(2)30-13-16(17-7-3-5-9-21(17)26)11-23-20(14-30)24(19(12-28)25(29)31-23)18-8-4-6-10-22(18)27/h3-11,15,24H,13-14,29H2,1-2H3. The quantitative estimate of drug-likeness (QED) is 0.774. The zero-order valence-electron chi connectivity index (χ0n) is 17.4. The molecule has 1 unspecified atom stereocenters. The fraction of sp³-hybridized carbons (Fsp3) is 0.240. The maximum Gasteiger partial charge on any atom is 0.205 e. The van der Waals surface area contributed by atoms with Crippen LogP contribution in [0.25, 0.3) is 5.57 Å². The Bertz CT molecular complexity index is 1160. The lowest BCUT2D eigenvalue weighted by atomic mass is 9.82. The molecule has 2 heterocycles. The highest BCUT2D eigenvalue weighted by Gasteiger charge is 2.36. The molecule has 2 N–H and O–H groups in total. The van der Waals surface area contributed by atoms with Crippen LogP contribution < -0.4 is 5.73 Å². The van der Waals surface area contributed by atoms with Crippen LogP contribution in [0.4, 0.5) is 8.78 Å². The van der Waals surface area contributed by atoms with E-state index < -0.39 is 11.7 Å². The molecule has 0 aliphatic carbocycles. The minimum Gasteiger partial charge on any atom is -0.440 e. The number of nitriles is 1. The highest BCUT2D eigenvalue weighted by molar-refractivity contribution is 5.71. The Labute approximate surface area is 180 Å². The third-order valence-electron chi connectivity index (χ3n) is 5.78. The maximum absolute atomic E-state index is 14.8. The Morgan fingerprint density at radius 1 is 1.06 bits per heavy atom. The van der Waals surface area contributed by atoms with E-state index in [0.717, 1.165) is 11.1 Å². The van der Waals surface area contributed by atoms with Crippen LogP contribution in [0.2, 0.25) is 0 Å². The van der Waals surface area contributed by atoms with Gasteiger partial charge in [-0.15, -0.1) is 0 Å². The molecule has 0 bridgehead atoms. The van der Waals surface area contributed by atoms with Gasteiger partial charge in [-0.3, -0.25) is 4.90 Å². The second-order valence-electron chi connectivity index (χ2n) is 7.98. The van der Waals surface area contributed by atoms with E-state index in [4.69, 9.17) is 10.5 Å². The second-order valence-corrected chi connectivity index (χ2v) is 7.98. The minimum atomic E-state index is -0.674. The summed E-state index contributed by atoms with van der Waals surface area (Å²) >= 11 is 0. The van der Waals surface area contributed by atoms with Gasteiger partial charge in [0, 0.05) is 30.3 Å². The first-order chi connectivity index (χ1) is 14.9. The molecule has 2 aromatic rings. The molecule has 0 amide bonds. The third kappa shape index (κ3) is 3.85. The van der Waals surface area contributed by atoms with Crippen molar-refractivity contribution >= 4 is 5.57 Å². The average molecular weight is 419 g/mol. The zero-order chi connectivity index (χ0) is 22.1. The first kappa shape index (κ1) is 20.8. The van der Waals surface area contributed by atoms with Crippen LogP contribution in [0.15, 0.2) is 77.4 Å². The Hall–Kier alpha value is -3.43. The lowest BCUT2D eigenvalue weighted by Gasteiger charge is -2.32. The second kappa shape index (κ2) is 8.37. The van der Waals surface area contributed by atoms with Gasteiger partial charge in [-0.05, 0) is 43.2 Å². The molecule has 2 aliphatic heterocycles. The SMILES string of the molecule is CC(C)N1CC(c2ccccc2F)=CC2=C(C1)C(c1ccccc1F)C(C#N)=C(N)O2. The maximum atomic E-state index is 14.8. The number of halogens is 2. The molecule has 0 radical (unpaired) electrons. The van der Waals surface area contributed by atoms with E-state index in [2.05, 4.69) is 11.0 Å². The van der Waals surface area contributed by atoms with Gasteiger partial charge >= 0.3 is 0 Å². The van der Waals surface area contributed by atoms with E-state index in [1.54, 1.807) is 42.5 Å². The smallest absolute Gasteiger partial charge is 0.205 e. The van der Waals surface area contributed by atoms with E-state index in [0.29, 0.717) is 30.0 Å². The van der Waals surface area contributed by atoms with Gasteiger partial charge in [-0.25, -0.2) is 8.78 Å². The summed E-state index contributed by atoms with van der Waals surface area (Å²) in [6.45, 7) is 4.99. The normalized spacial score (nSPS) is 19.5. The Balaban J connectivity index is 1.93. The predicted octanol–water partition coefficient (Wildman–Crippen LogP) is 4.83. The van der Waals surface area contributed by atoms with E-state index in [1.165, 1.54) is 12.1 Å². The molecule has 158 valence electrons. The van der Waals surface area contributed by atoms with Crippen molar-refractivity contribution in [2.75, 3.05) is 13.1 Å². The lowest BCUT2D eigenvalue weighted by molar-refractivity contribution is 0.251. The van der Waals surface area contributed by atoms with Gasteiger partial charge in [0.1, 0.15) is 29.0 Å². The van der Waals surface area contributed by atoms with Gasteiger partial charge in [-0.2, -0.15) is 5.26 Å². The predicted molar refractivity (Wildman–Crippen MR) is 115 cm³/mol. The molecule has 4 nitrogen and oxygen atoms in total. The van der Waals surface area contributed by atoms with Gasteiger partial charge in [-0.1, -0.05) is 36.4 Å². The molecule has 0 saturated carbocycles. The lowest BCUT2D eigenvalue weighted by Crippen LogP contribution is -2.35. The van der Waals surface area contributed by atoms with Gasteiger partial charge in [0.15, 0.2) is 0 Å². The topological polar surface area (TPSA) is 62.3 Å². The monoisotopic (exact) mass is 419 g/mol. The van der Waals surface area contributed by atoms with Crippen molar-refractivity contribution in [1.29, 1.82) is 5.26 Å². The number of hydrogen-bond donors (Lipinski definition) is 1. The van der Waals surface area contributed by atoms with E-state index in [-0.39, 0.29) is 23.3 Å². The molecule has 0 aromatic heterocycles. The van der Waals surface area contributed by atoms with Crippen LogP contribution in [-0.2, 0) is 4.74 Å². The molecule has 0 saturated heterocycles. The highest BCUT2D eigenvalue weighted by atomic mass is 19.1. The first-order valence-corrected chi connectivity index (χ1v) is 10.1. The molecule has 6 heteroatoms. The van der Waals surface area contributed by atoms with Crippen molar-refractivity contribution in [3.05, 3.63) is 100 Å². The van der Waals surface area contributed by atoms with Crippen LogP contribution in [0, 0.1) is 23.0 Å². The first-order valence-electron chi connectivity index (χ1n) is 10.1. The van der Waals surface area contributed by atoms with Crippen molar-refractivity contribution in [2.45, 2.75) is 25.8 Å². The highest BCUT2D eigenvalue weighted by Crippen LogP contribution is 2.43. The zero-order valence-corrected chi connectivity index (χ0v) is 17.4. The van der Waals surface area contributed by atoms with E-state index >= 15 is 0 Å². The van der Waals surface area contributed by atoms with Crippen molar-refractivity contribution in [3.63, 3.8) is 0 Å². The molecule has 2 aliphatic rings. The largest absolute Gasteiger partial charge is 0.440 e. The Morgan fingerprint density at radius 3 is 2.39 bits per heavy atom. The molecule has 0 fully saturated rings. The van der Waals surface area contributed by atoms with Crippen LogP contribution >= 0.6 is 0 Å². The Kier molecular flexibility index (Phi) is 5.62. The van der Waals surface area contributed by atoms with Gasteiger partial charge in [0.2, 0.25) is 5.88 Å². The van der Waals surface area contributed by atoms with Crippen molar-refractivity contribution in [1.82, 2.24) is 4.90 Å². The fourth-order valence-corrected chi connectivity index (χ4v) is 4.11. The fourth-order valence-electron chi connectivity index (χ4n) is 4.11. The molecule has 0 spiro atoms. The molecular formula is C25H23F2N3O. The summed E-state index contributed by atoms with van der Waals surface area (Å²) in [7, 11) is 0. The molecule has 31 heavy (non-hydrogen) atoms. The van der Waals surface area contributed by atoms with Gasteiger partial charge < -0.3 is 10.5 Å². The summed E-state index contributed by atoms with van der Waals surface area (Å²) in [5.74, 6) is -1.04. The number of nitrogens with two attached hydrogens (primary N) is 1. The van der Waals surface area contributed by atoms with Gasteiger partial charge in [0.25, 0.3) is 0 Å². The molecule has 1 atom stereocenters. The van der Waals surface area contributed by atoms with Crippen LogP contribution in [0.1, 0.15) is 30.9 Å². The number of rotatable bonds is 3. The number of allylic oxidation sites excluding steroid dienone is 2. The summed E-state index contributed by atoms with van der Waals surface area (Å²) < 4.78 is 35.3. The van der Waals surface area contributed by atoms with Gasteiger partial charge in [0.05, 0.1) is 5.92 Å². The van der Waals surface area contributed by atoms with Crippen LogP contribution in [-0.4, -0.2) is 24.0 Å². The Morgan fingerprint density at radius 2 is 1.74 bits per heavy atom. The minimum absolute atomic E-state index is 0.0587. The van der Waals surface area contributed by atoms with Crippen molar-refractivity contribution in [3.8, 4) is 6.07 Å². The van der Waals surface area contributed by atoms with E-state index in [1.807, 2.05) is 13.8 Å². The summed E-state index contributed by atoms with van der Waals surface area (Å²) in [4.78, 5) is 2.15. The van der Waals surface area contributed by atoms with Crippen molar-refractivity contribution < 1.29 is 13.5 Å². The summed E-state index contributed by atoms with van der Waals surface area (Å²) in [5.41, 5.74) is 8.58. The number of hydrogen-bond acceptors (Lipinski definition) is 4. The summed E-state index contributed by atoms with van der Waals surface area (Å²) in [5, 5.41) is 9.79. The average Bonchev–Trinajstić information content (AvgIpc) is 2.93.